The summed E-state index contributed by atoms with van der Waals surface area (Å²) < 4.78 is 0. The Hall–Kier alpha value is -3.23. The fraction of sp³-hybridized carbons (Fsp3) is 0.593. The zero-order valence-corrected chi connectivity index (χ0v) is 21.4. The number of anilines is 2. The molecule has 0 radical (unpaired) electrons. The van der Waals surface area contributed by atoms with E-state index in [0.717, 1.165) is 49.0 Å². The van der Waals surface area contributed by atoms with Crippen LogP contribution in [-0.2, 0) is 13.0 Å². The Balaban J connectivity index is 1.45. The molecule has 3 aliphatic rings. The molecule has 1 saturated heterocycles. The largest absolute Gasteiger partial charge is 0.356 e. The van der Waals surface area contributed by atoms with Gasteiger partial charge in [-0.25, -0.2) is 4.98 Å². The second kappa shape index (κ2) is 10.4. The molecular weight excluding hydrogens is 456 g/mol. The summed E-state index contributed by atoms with van der Waals surface area (Å²) in [5, 5.41) is 11.4. The highest BCUT2D eigenvalue weighted by Gasteiger charge is 2.31. The topological polar surface area (TPSA) is 95.7 Å². The molecule has 0 N–H and O–H groups in total. The summed E-state index contributed by atoms with van der Waals surface area (Å²) in [6, 6.07) is 5.21. The highest BCUT2D eigenvalue weighted by Crippen LogP contribution is 2.33. The Bertz CT molecular complexity index is 1140. The van der Waals surface area contributed by atoms with Crippen LogP contribution in [0, 0.1) is 17.0 Å². The number of nitro groups is 1. The van der Waals surface area contributed by atoms with Crippen molar-refractivity contribution in [2.24, 2.45) is 0 Å². The van der Waals surface area contributed by atoms with Crippen molar-refractivity contribution in [3.05, 3.63) is 50.7 Å². The van der Waals surface area contributed by atoms with Crippen LogP contribution in [0.15, 0.2) is 18.2 Å². The smallest absolute Gasteiger partial charge is 0.273 e. The molecule has 0 atom stereocenters. The first-order valence-corrected chi connectivity index (χ1v) is 13.3. The minimum Gasteiger partial charge on any atom is -0.356 e. The van der Waals surface area contributed by atoms with Crippen LogP contribution < -0.4 is 9.80 Å². The average Bonchev–Trinajstić information content (AvgIpc) is 2.92. The maximum absolute atomic E-state index is 13.4. The summed E-state index contributed by atoms with van der Waals surface area (Å²) in [5.41, 5.74) is 2.94. The number of aromatic nitrogens is 2. The number of hydrogen-bond acceptors (Lipinski definition) is 7. The molecule has 9 heteroatoms. The van der Waals surface area contributed by atoms with E-state index >= 15 is 0 Å². The van der Waals surface area contributed by atoms with Crippen molar-refractivity contribution < 1.29 is 9.72 Å². The number of hydrogen-bond donors (Lipinski definition) is 0. The molecule has 3 heterocycles. The van der Waals surface area contributed by atoms with Gasteiger partial charge in [0.15, 0.2) is 0 Å². The lowest BCUT2D eigenvalue weighted by Gasteiger charge is -2.37. The standard InChI is InChI=1S/C27H36N6O3/c1-19-11-12-20(17-24(19)33(35)36)26(34)32-16-13-23-22(18-32)25(31-14-7-4-8-15-31)29-27(28-23)30(2)21-9-5-3-6-10-21/h11-12,17,21H,3-10,13-16,18H2,1-2H3. The molecule has 0 bridgehead atoms. The molecule has 0 unspecified atom stereocenters. The molecule has 0 spiro atoms. The van der Waals surface area contributed by atoms with Crippen LogP contribution in [0.4, 0.5) is 17.5 Å². The lowest BCUT2D eigenvalue weighted by Crippen LogP contribution is -2.40. The van der Waals surface area contributed by atoms with E-state index in [1.165, 1.54) is 44.6 Å². The first-order chi connectivity index (χ1) is 17.4. The van der Waals surface area contributed by atoms with E-state index in [1.54, 1.807) is 24.0 Å². The van der Waals surface area contributed by atoms with Gasteiger partial charge < -0.3 is 14.7 Å². The Morgan fingerprint density at radius 3 is 2.50 bits per heavy atom. The van der Waals surface area contributed by atoms with Gasteiger partial charge in [0, 0.05) is 61.9 Å². The van der Waals surface area contributed by atoms with Gasteiger partial charge >= 0.3 is 0 Å². The number of rotatable bonds is 5. The van der Waals surface area contributed by atoms with E-state index in [9.17, 15) is 14.9 Å². The number of carbonyl (C=O) groups is 1. The Kier molecular flexibility index (Phi) is 7.07. The molecule has 1 aromatic heterocycles. The Labute approximate surface area is 212 Å². The zero-order chi connectivity index (χ0) is 25.2. The maximum atomic E-state index is 13.4. The molecule has 1 aliphatic carbocycles. The fourth-order valence-electron chi connectivity index (χ4n) is 5.84. The van der Waals surface area contributed by atoms with Gasteiger partial charge in [0.1, 0.15) is 5.82 Å². The molecule has 9 nitrogen and oxygen atoms in total. The number of nitrogens with zero attached hydrogens (tertiary/aromatic N) is 6. The number of amides is 1. The first kappa shape index (κ1) is 24.5. The number of carbonyl (C=O) groups excluding carboxylic acids is 1. The van der Waals surface area contributed by atoms with Gasteiger partial charge in [-0.05, 0) is 45.1 Å². The van der Waals surface area contributed by atoms with Crippen molar-refractivity contribution in [1.29, 1.82) is 0 Å². The SMILES string of the molecule is Cc1ccc(C(=O)N2CCc3nc(N(C)C4CCCCC4)nc(N4CCCCC4)c3C2)cc1[N+](=O)[O-]. The van der Waals surface area contributed by atoms with E-state index < -0.39 is 4.92 Å². The summed E-state index contributed by atoms with van der Waals surface area (Å²) in [7, 11) is 2.13. The number of benzene rings is 1. The minimum atomic E-state index is -0.426. The van der Waals surface area contributed by atoms with Gasteiger partial charge in [0.2, 0.25) is 5.95 Å². The van der Waals surface area contributed by atoms with Crippen molar-refractivity contribution in [1.82, 2.24) is 14.9 Å². The van der Waals surface area contributed by atoms with Crippen molar-refractivity contribution in [3.63, 3.8) is 0 Å². The third-order valence-electron chi connectivity index (χ3n) is 8.06. The van der Waals surface area contributed by atoms with E-state index in [4.69, 9.17) is 9.97 Å². The number of nitro benzene ring substituents is 1. The van der Waals surface area contributed by atoms with E-state index in [2.05, 4.69) is 16.8 Å². The maximum Gasteiger partial charge on any atom is 0.273 e. The van der Waals surface area contributed by atoms with Gasteiger partial charge in [-0.1, -0.05) is 25.3 Å². The molecule has 2 aromatic rings. The van der Waals surface area contributed by atoms with Gasteiger partial charge in [0.05, 0.1) is 17.2 Å². The van der Waals surface area contributed by atoms with Crippen molar-refractivity contribution in [3.8, 4) is 0 Å². The normalized spacial score (nSPS) is 18.6. The number of piperidine rings is 1. The zero-order valence-electron chi connectivity index (χ0n) is 21.4. The molecule has 1 aromatic carbocycles. The van der Waals surface area contributed by atoms with Crippen LogP contribution in [0.25, 0.3) is 0 Å². The predicted octanol–water partition coefficient (Wildman–Crippen LogP) is 4.65. The average molecular weight is 493 g/mol. The van der Waals surface area contributed by atoms with Crippen molar-refractivity contribution in [2.45, 2.75) is 77.3 Å². The van der Waals surface area contributed by atoms with Gasteiger partial charge in [-0.2, -0.15) is 4.98 Å². The van der Waals surface area contributed by atoms with Gasteiger partial charge in [-0.3, -0.25) is 14.9 Å². The molecule has 2 fully saturated rings. The summed E-state index contributed by atoms with van der Waals surface area (Å²) in [4.78, 5) is 41.0. The summed E-state index contributed by atoms with van der Waals surface area (Å²) in [6.07, 6.45) is 10.4. The minimum absolute atomic E-state index is 0.0222. The molecule has 36 heavy (non-hydrogen) atoms. The second-order valence-corrected chi connectivity index (χ2v) is 10.5. The predicted molar refractivity (Wildman–Crippen MR) is 140 cm³/mol. The molecule has 5 rings (SSSR count). The highest BCUT2D eigenvalue weighted by molar-refractivity contribution is 5.95. The molecule has 192 valence electrons. The van der Waals surface area contributed by atoms with E-state index in [1.807, 2.05) is 0 Å². The molecular formula is C27H36N6O3. The fourth-order valence-corrected chi connectivity index (χ4v) is 5.84. The Morgan fingerprint density at radius 2 is 1.78 bits per heavy atom. The third-order valence-corrected chi connectivity index (χ3v) is 8.06. The third kappa shape index (κ3) is 4.88. The molecule has 2 aliphatic heterocycles. The van der Waals surface area contributed by atoms with Gasteiger partial charge in [-0.15, -0.1) is 0 Å². The van der Waals surface area contributed by atoms with Crippen LogP contribution in [0.1, 0.15) is 78.5 Å². The lowest BCUT2D eigenvalue weighted by molar-refractivity contribution is -0.385. The van der Waals surface area contributed by atoms with E-state index in [-0.39, 0.29) is 11.6 Å². The highest BCUT2D eigenvalue weighted by atomic mass is 16.6. The van der Waals surface area contributed by atoms with Crippen molar-refractivity contribution in [2.75, 3.05) is 36.5 Å². The van der Waals surface area contributed by atoms with Gasteiger partial charge in [0.25, 0.3) is 11.6 Å². The molecule has 1 saturated carbocycles. The van der Waals surface area contributed by atoms with Crippen LogP contribution in [0.2, 0.25) is 0 Å². The first-order valence-electron chi connectivity index (χ1n) is 13.3. The lowest BCUT2D eigenvalue weighted by atomic mass is 9.95. The van der Waals surface area contributed by atoms with Crippen LogP contribution in [-0.4, -0.2) is 58.4 Å². The van der Waals surface area contributed by atoms with Crippen molar-refractivity contribution >= 4 is 23.4 Å². The summed E-state index contributed by atoms with van der Waals surface area (Å²) in [6.45, 7) is 4.58. The quantitative estimate of drug-likeness (QED) is 0.443. The van der Waals surface area contributed by atoms with E-state index in [0.29, 0.717) is 36.7 Å². The molecule has 1 amide bonds. The summed E-state index contributed by atoms with van der Waals surface area (Å²) in [5.74, 6) is 1.58. The Morgan fingerprint density at radius 1 is 1.06 bits per heavy atom. The summed E-state index contributed by atoms with van der Waals surface area (Å²) >= 11 is 0. The monoisotopic (exact) mass is 492 g/mol. The van der Waals surface area contributed by atoms with Crippen LogP contribution in [0.5, 0.6) is 0 Å². The number of fused-ring (bicyclic) bond motifs is 1. The number of aryl methyl sites for hydroxylation is 1. The van der Waals surface area contributed by atoms with Crippen LogP contribution in [0.3, 0.4) is 0 Å². The second-order valence-electron chi connectivity index (χ2n) is 10.5. The van der Waals surface area contributed by atoms with Crippen LogP contribution >= 0.6 is 0 Å².